The Labute approximate surface area is 160 Å². The number of nitrogens with zero attached hydrogens (tertiary/aromatic N) is 3. The second-order valence-electron chi connectivity index (χ2n) is 6.33. The van der Waals surface area contributed by atoms with Crippen molar-refractivity contribution in [2.45, 2.75) is 32.5 Å². The van der Waals surface area contributed by atoms with Crippen LogP contribution in [0.3, 0.4) is 0 Å². The van der Waals surface area contributed by atoms with Crippen LogP contribution >= 0.6 is 0 Å². The molecule has 1 aliphatic heterocycles. The quantitative estimate of drug-likeness (QED) is 0.759. The van der Waals surface area contributed by atoms with Crippen LogP contribution in [0.1, 0.15) is 23.2 Å². The van der Waals surface area contributed by atoms with E-state index in [0.29, 0.717) is 36.6 Å². The van der Waals surface area contributed by atoms with Gasteiger partial charge < -0.3 is 14.8 Å². The van der Waals surface area contributed by atoms with Crippen molar-refractivity contribution in [1.82, 2.24) is 14.5 Å². The zero-order chi connectivity index (χ0) is 20.3. The highest BCUT2D eigenvalue weighted by Crippen LogP contribution is 2.27. The molecule has 0 saturated heterocycles. The van der Waals surface area contributed by atoms with Gasteiger partial charge in [0, 0.05) is 18.8 Å². The molecular formula is C19H20N4O5. The van der Waals surface area contributed by atoms with Gasteiger partial charge in [-0.3, -0.25) is 14.2 Å². The number of methoxy groups -OCH3 is 2. The average Bonchev–Trinajstić information content (AvgIpc) is 3.19. The van der Waals surface area contributed by atoms with Crippen LogP contribution < -0.4 is 26.0 Å². The second-order valence-corrected chi connectivity index (χ2v) is 6.33. The topological polar surface area (TPSA) is 115 Å². The molecule has 9 nitrogen and oxygen atoms in total. The molecule has 0 radical (unpaired) electrons. The summed E-state index contributed by atoms with van der Waals surface area (Å²) in [6, 6.07) is 7.08. The van der Waals surface area contributed by atoms with Crippen molar-refractivity contribution >= 4 is 5.91 Å². The van der Waals surface area contributed by atoms with Gasteiger partial charge in [0.15, 0.2) is 11.5 Å². The highest BCUT2D eigenvalue weighted by Gasteiger charge is 2.23. The van der Waals surface area contributed by atoms with Crippen molar-refractivity contribution in [1.29, 1.82) is 5.26 Å². The number of carbonyl (C=O) groups is 1. The molecule has 1 N–H and O–H groups in total. The van der Waals surface area contributed by atoms with E-state index in [9.17, 15) is 19.6 Å². The van der Waals surface area contributed by atoms with Gasteiger partial charge in [-0.05, 0) is 30.5 Å². The van der Waals surface area contributed by atoms with E-state index in [2.05, 4.69) is 5.32 Å². The lowest BCUT2D eigenvalue weighted by molar-refractivity contribution is -0.121. The fraction of sp³-hybridized carbons (Fsp3) is 0.368. The zero-order valence-corrected chi connectivity index (χ0v) is 15.7. The number of ether oxygens (including phenoxy) is 2. The highest BCUT2D eigenvalue weighted by atomic mass is 16.5. The van der Waals surface area contributed by atoms with Crippen molar-refractivity contribution in [2.24, 2.45) is 0 Å². The summed E-state index contributed by atoms with van der Waals surface area (Å²) in [6.45, 7) is 0.182. The number of hydrogen-bond donors (Lipinski definition) is 1. The van der Waals surface area contributed by atoms with E-state index in [-0.39, 0.29) is 12.1 Å². The van der Waals surface area contributed by atoms with Gasteiger partial charge in [-0.2, -0.15) is 5.26 Å². The normalized spacial score (nSPS) is 12.2. The standard InChI is InChI=1S/C19H20N4O5/c1-27-15-6-5-12(8-16(15)28-2)10-21-17(24)11-23-18(25)13(9-20)14-4-3-7-22(14)19(23)26/h5-6,8H,3-4,7,10-11H2,1-2H3,(H,21,24). The van der Waals surface area contributed by atoms with Gasteiger partial charge >= 0.3 is 5.69 Å². The number of aromatic nitrogens is 2. The molecule has 1 aromatic carbocycles. The van der Waals surface area contributed by atoms with Crippen molar-refractivity contribution in [3.05, 3.63) is 55.9 Å². The van der Waals surface area contributed by atoms with Crippen LogP contribution in [0.5, 0.6) is 11.5 Å². The number of nitrogens with one attached hydrogen (secondary N) is 1. The Bertz CT molecular complexity index is 1080. The minimum Gasteiger partial charge on any atom is -0.493 e. The monoisotopic (exact) mass is 384 g/mol. The summed E-state index contributed by atoms with van der Waals surface area (Å²) in [5, 5.41) is 11.9. The molecule has 1 amide bonds. The Morgan fingerprint density at radius 2 is 2.00 bits per heavy atom. The molecule has 146 valence electrons. The maximum absolute atomic E-state index is 12.5. The van der Waals surface area contributed by atoms with Crippen LogP contribution in [0.2, 0.25) is 0 Å². The van der Waals surface area contributed by atoms with Gasteiger partial charge in [-0.1, -0.05) is 6.07 Å². The highest BCUT2D eigenvalue weighted by molar-refractivity contribution is 5.75. The Balaban J connectivity index is 1.77. The van der Waals surface area contributed by atoms with Crippen LogP contribution in [0.4, 0.5) is 0 Å². The lowest BCUT2D eigenvalue weighted by atomic mass is 10.2. The number of hydrogen-bond acceptors (Lipinski definition) is 6. The Kier molecular flexibility index (Phi) is 5.49. The molecule has 0 aliphatic carbocycles. The Morgan fingerprint density at radius 3 is 2.68 bits per heavy atom. The fourth-order valence-electron chi connectivity index (χ4n) is 3.28. The smallest absolute Gasteiger partial charge is 0.331 e. The number of amides is 1. The van der Waals surface area contributed by atoms with Crippen molar-refractivity contribution in [3.63, 3.8) is 0 Å². The molecule has 0 spiro atoms. The number of benzene rings is 1. The maximum Gasteiger partial charge on any atom is 0.331 e. The summed E-state index contributed by atoms with van der Waals surface area (Å²) in [5.41, 5.74) is -0.120. The van der Waals surface area contributed by atoms with Crippen molar-refractivity contribution in [2.75, 3.05) is 14.2 Å². The van der Waals surface area contributed by atoms with E-state index in [1.807, 2.05) is 6.07 Å². The molecule has 9 heteroatoms. The Hall–Kier alpha value is -3.54. The predicted molar refractivity (Wildman–Crippen MR) is 99.4 cm³/mol. The van der Waals surface area contributed by atoms with Crippen LogP contribution in [0, 0.1) is 11.3 Å². The average molecular weight is 384 g/mol. The molecule has 1 aromatic heterocycles. The van der Waals surface area contributed by atoms with Crippen LogP contribution in [-0.2, 0) is 30.8 Å². The van der Waals surface area contributed by atoms with Crippen LogP contribution in [-0.4, -0.2) is 29.3 Å². The minimum atomic E-state index is -0.720. The molecule has 0 unspecified atom stereocenters. The first-order valence-corrected chi connectivity index (χ1v) is 8.74. The first kappa shape index (κ1) is 19.2. The fourth-order valence-corrected chi connectivity index (χ4v) is 3.28. The van der Waals surface area contributed by atoms with E-state index >= 15 is 0 Å². The molecule has 0 bridgehead atoms. The minimum absolute atomic E-state index is 0.0650. The summed E-state index contributed by atoms with van der Waals surface area (Å²) >= 11 is 0. The zero-order valence-electron chi connectivity index (χ0n) is 15.7. The van der Waals surface area contributed by atoms with E-state index in [1.165, 1.54) is 18.8 Å². The summed E-state index contributed by atoms with van der Waals surface area (Å²) in [6.07, 6.45) is 1.21. The van der Waals surface area contributed by atoms with Gasteiger partial charge in [0.2, 0.25) is 5.91 Å². The third kappa shape index (κ3) is 3.49. The van der Waals surface area contributed by atoms with E-state index in [1.54, 1.807) is 18.2 Å². The first-order valence-electron chi connectivity index (χ1n) is 8.74. The molecule has 0 saturated carbocycles. The molecule has 3 rings (SSSR count). The molecule has 2 aromatic rings. The van der Waals surface area contributed by atoms with Crippen molar-refractivity contribution < 1.29 is 14.3 Å². The van der Waals surface area contributed by atoms with Crippen molar-refractivity contribution in [3.8, 4) is 17.6 Å². The second kappa shape index (κ2) is 8.00. The number of carbonyl (C=O) groups excluding carboxylic acids is 1. The molecule has 0 fully saturated rings. The third-order valence-corrected chi connectivity index (χ3v) is 4.68. The Morgan fingerprint density at radius 1 is 1.25 bits per heavy atom. The molecule has 0 atom stereocenters. The van der Waals surface area contributed by atoms with Crippen LogP contribution in [0.15, 0.2) is 27.8 Å². The molecular weight excluding hydrogens is 364 g/mol. The number of fused-ring (bicyclic) bond motifs is 1. The van der Waals surface area contributed by atoms with E-state index < -0.39 is 23.7 Å². The third-order valence-electron chi connectivity index (χ3n) is 4.68. The number of nitriles is 1. The summed E-state index contributed by atoms with van der Waals surface area (Å²) in [5.74, 6) is 0.594. The SMILES string of the molecule is COc1ccc(CNC(=O)Cn2c(=O)c(C#N)c3n(c2=O)CCC3)cc1OC. The van der Waals surface area contributed by atoms with Gasteiger partial charge in [-0.25, -0.2) is 9.36 Å². The van der Waals surface area contributed by atoms with Gasteiger partial charge in [0.25, 0.3) is 5.56 Å². The van der Waals surface area contributed by atoms with Gasteiger partial charge in [0.1, 0.15) is 18.2 Å². The number of rotatable bonds is 6. The summed E-state index contributed by atoms with van der Waals surface area (Å²) < 4.78 is 12.6. The first-order chi connectivity index (χ1) is 13.5. The van der Waals surface area contributed by atoms with E-state index in [0.717, 1.165) is 10.1 Å². The predicted octanol–water partition coefficient (Wildman–Crippen LogP) is 0.161. The molecule has 2 heterocycles. The summed E-state index contributed by atoms with van der Waals surface area (Å²) in [7, 11) is 3.04. The van der Waals surface area contributed by atoms with Gasteiger partial charge in [0.05, 0.1) is 14.2 Å². The summed E-state index contributed by atoms with van der Waals surface area (Å²) in [4.78, 5) is 37.3. The molecule has 28 heavy (non-hydrogen) atoms. The van der Waals surface area contributed by atoms with Gasteiger partial charge in [-0.15, -0.1) is 0 Å². The van der Waals surface area contributed by atoms with Crippen LogP contribution in [0.25, 0.3) is 0 Å². The maximum atomic E-state index is 12.5. The lowest BCUT2D eigenvalue weighted by Crippen LogP contribution is -2.45. The molecule has 1 aliphatic rings. The lowest BCUT2D eigenvalue weighted by Gasteiger charge is -2.12. The largest absolute Gasteiger partial charge is 0.493 e. The van der Waals surface area contributed by atoms with E-state index in [4.69, 9.17) is 9.47 Å².